The van der Waals surface area contributed by atoms with Crippen molar-refractivity contribution in [2.45, 2.75) is 71.6 Å². The lowest BCUT2D eigenvalue weighted by atomic mass is 10.1. The van der Waals surface area contributed by atoms with E-state index in [0.717, 1.165) is 52.7 Å². The molecule has 216 valence electrons. The minimum atomic E-state index is -4.63. The summed E-state index contributed by atoms with van der Waals surface area (Å²) in [5, 5.41) is 2.89. The maximum Gasteiger partial charge on any atom is 0.416 e. The molecule has 1 unspecified atom stereocenters. The maximum absolute atomic E-state index is 13.4. The summed E-state index contributed by atoms with van der Waals surface area (Å²) in [6.45, 7) is 6.28. The fourth-order valence-electron chi connectivity index (χ4n) is 4.16. The van der Waals surface area contributed by atoms with Gasteiger partial charge in [0.25, 0.3) is 0 Å². The van der Waals surface area contributed by atoms with Crippen molar-refractivity contribution in [2.24, 2.45) is 0 Å². The van der Waals surface area contributed by atoms with Crippen molar-refractivity contribution in [3.8, 4) is 0 Å². The lowest BCUT2D eigenvalue weighted by Crippen LogP contribution is -2.49. The number of nitrogens with zero attached hydrogens (tertiary/aromatic N) is 2. The number of amides is 2. The highest BCUT2D eigenvalue weighted by molar-refractivity contribution is 7.92. The molecule has 0 saturated carbocycles. The normalized spacial score (nSPS) is 12.6. The van der Waals surface area contributed by atoms with E-state index < -0.39 is 27.8 Å². The molecule has 0 bridgehead atoms. The van der Waals surface area contributed by atoms with Gasteiger partial charge in [-0.1, -0.05) is 56.2 Å². The minimum absolute atomic E-state index is 0.0560. The van der Waals surface area contributed by atoms with Crippen LogP contribution in [0, 0.1) is 6.92 Å². The van der Waals surface area contributed by atoms with E-state index in [1.54, 1.807) is 0 Å². The van der Waals surface area contributed by atoms with Gasteiger partial charge >= 0.3 is 6.18 Å². The Bertz CT molecular complexity index is 1200. The van der Waals surface area contributed by atoms with Gasteiger partial charge in [-0.15, -0.1) is 0 Å². The monoisotopic (exact) mass is 569 g/mol. The molecule has 2 aromatic rings. The average Bonchev–Trinajstić information content (AvgIpc) is 2.86. The topological polar surface area (TPSA) is 86.8 Å². The summed E-state index contributed by atoms with van der Waals surface area (Å²) < 4.78 is 65.3. The summed E-state index contributed by atoms with van der Waals surface area (Å²) in [5.74, 6) is -0.598. The number of carbonyl (C=O) groups is 2. The molecule has 0 aromatic heterocycles. The smallest absolute Gasteiger partial charge is 0.354 e. The number of halogens is 3. The first-order chi connectivity index (χ1) is 18.3. The Hall–Kier alpha value is -3.08. The van der Waals surface area contributed by atoms with E-state index in [9.17, 15) is 31.2 Å². The van der Waals surface area contributed by atoms with Gasteiger partial charge in [-0.3, -0.25) is 13.9 Å². The number of nitrogens with one attached hydrogen (secondary N) is 1. The molecule has 0 aliphatic rings. The van der Waals surface area contributed by atoms with Gasteiger partial charge < -0.3 is 10.2 Å². The Morgan fingerprint density at radius 3 is 2.26 bits per heavy atom. The second-order valence-electron chi connectivity index (χ2n) is 9.56. The first-order valence-corrected chi connectivity index (χ1v) is 14.9. The van der Waals surface area contributed by atoms with Gasteiger partial charge in [0.15, 0.2) is 0 Å². The molecule has 0 aliphatic carbocycles. The largest absolute Gasteiger partial charge is 0.416 e. The number of hydrogen-bond acceptors (Lipinski definition) is 4. The van der Waals surface area contributed by atoms with Gasteiger partial charge in [0.05, 0.1) is 17.5 Å². The molecule has 7 nitrogen and oxygen atoms in total. The van der Waals surface area contributed by atoms with Crippen LogP contribution in [0.1, 0.15) is 62.6 Å². The summed E-state index contributed by atoms with van der Waals surface area (Å²) >= 11 is 0. The zero-order valence-corrected chi connectivity index (χ0v) is 23.7. The average molecular weight is 570 g/mol. The molecule has 39 heavy (non-hydrogen) atoms. The number of unbranched alkanes of at least 4 members (excludes halogenated alkanes) is 1. The van der Waals surface area contributed by atoms with Crippen molar-refractivity contribution in [1.29, 1.82) is 0 Å². The van der Waals surface area contributed by atoms with Gasteiger partial charge in [0.2, 0.25) is 21.8 Å². The van der Waals surface area contributed by atoms with Gasteiger partial charge in [0.1, 0.15) is 6.04 Å². The highest BCUT2D eigenvalue weighted by Gasteiger charge is 2.32. The highest BCUT2D eigenvalue weighted by Crippen LogP contribution is 2.32. The van der Waals surface area contributed by atoms with Gasteiger partial charge in [-0.05, 0) is 49.9 Å². The molecule has 2 amide bonds. The van der Waals surface area contributed by atoms with Crippen LogP contribution >= 0.6 is 0 Å². The summed E-state index contributed by atoms with van der Waals surface area (Å²) in [6.07, 6.45) is -1.65. The fraction of sp³-hybridized carbons (Fsp3) is 0.500. The van der Waals surface area contributed by atoms with Crippen molar-refractivity contribution in [2.75, 3.05) is 23.7 Å². The van der Waals surface area contributed by atoms with Crippen molar-refractivity contribution >= 4 is 27.5 Å². The molecule has 1 N–H and O–H groups in total. The zero-order valence-electron chi connectivity index (χ0n) is 22.9. The second-order valence-corrected chi connectivity index (χ2v) is 11.5. The molecule has 2 aromatic carbocycles. The second kappa shape index (κ2) is 14.3. The van der Waals surface area contributed by atoms with Crippen LogP contribution in [0.3, 0.4) is 0 Å². The Morgan fingerprint density at radius 1 is 1.03 bits per heavy atom. The van der Waals surface area contributed by atoms with Crippen LogP contribution in [-0.4, -0.2) is 50.5 Å². The lowest BCUT2D eigenvalue weighted by Gasteiger charge is -2.31. The van der Waals surface area contributed by atoms with Crippen LogP contribution in [0.5, 0.6) is 0 Å². The Kier molecular flexibility index (Phi) is 11.8. The van der Waals surface area contributed by atoms with Crippen molar-refractivity contribution in [1.82, 2.24) is 10.2 Å². The number of hydrogen-bond donors (Lipinski definition) is 1. The third kappa shape index (κ3) is 9.87. The minimum Gasteiger partial charge on any atom is -0.354 e. The van der Waals surface area contributed by atoms with Crippen LogP contribution in [0.4, 0.5) is 18.9 Å². The number of anilines is 1. The lowest BCUT2D eigenvalue weighted by molar-refractivity contribution is -0.141. The van der Waals surface area contributed by atoms with E-state index in [0.29, 0.717) is 13.0 Å². The Morgan fingerprint density at radius 2 is 1.69 bits per heavy atom. The van der Waals surface area contributed by atoms with Crippen molar-refractivity contribution in [3.63, 3.8) is 0 Å². The predicted molar refractivity (Wildman–Crippen MR) is 147 cm³/mol. The molecule has 0 saturated heterocycles. The van der Waals surface area contributed by atoms with Crippen molar-refractivity contribution < 1.29 is 31.2 Å². The summed E-state index contributed by atoms with van der Waals surface area (Å²) in [7, 11) is -3.92. The van der Waals surface area contributed by atoms with E-state index >= 15 is 0 Å². The summed E-state index contributed by atoms with van der Waals surface area (Å²) in [4.78, 5) is 27.9. The van der Waals surface area contributed by atoms with E-state index in [1.165, 1.54) is 11.0 Å². The number of aryl methyl sites for hydroxylation is 1. The van der Waals surface area contributed by atoms with E-state index in [1.807, 2.05) is 45.0 Å². The maximum atomic E-state index is 13.4. The van der Waals surface area contributed by atoms with Gasteiger partial charge in [-0.2, -0.15) is 13.2 Å². The SMILES string of the molecule is CCCCNC(=O)C(CC)N(Cc1ccc(C)cc1)C(=O)CCCN(c1cccc(C(F)(F)F)c1)S(C)(=O)=O. The van der Waals surface area contributed by atoms with Gasteiger partial charge in [-0.25, -0.2) is 8.42 Å². The number of alkyl halides is 3. The van der Waals surface area contributed by atoms with E-state index in [4.69, 9.17) is 0 Å². The van der Waals surface area contributed by atoms with Gasteiger partial charge in [0, 0.05) is 26.1 Å². The Balaban J connectivity index is 2.23. The van der Waals surface area contributed by atoms with Crippen molar-refractivity contribution in [3.05, 3.63) is 65.2 Å². The molecule has 0 heterocycles. The quantitative estimate of drug-likeness (QED) is 0.314. The number of benzene rings is 2. The zero-order chi connectivity index (χ0) is 29.2. The molecule has 11 heteroatoms. The number of carbonyl (C=O) groups excluding carboxylic acids is 2. The molecule has 0 radical (unpaired) electrons. The first kappa shape index (κ1) is 32.1. The Labute approximate surface area is 229 Å². The third-order valence-corrected chi connectivity index (χ3v) is 7.50. The summed E-state index contributed by atoms with van der Waals surface area (Å²) in [5.41, 5.74) is 0.804. The molecular formula is C28H38F3N3O4S. The van der Waals surface area contributed by atoms with Crippen LogP contribution in [0.15, 0.2) is 48.5 Å². The summed E-state index contributed by atoms with van der Waals surface area (Å²) in [6, 6.07) is 11.0. The molecule has 0 aliphatic heterocycles. The fourth-order valence-corrected chi connectivity index (χ4v) is 5.11. The molecular weight excluding hydrogens is 531 g/mol. The number of sulfonamides is 1. The molecule has 0 fully saturated rings. The number of rotatable bonds is 14. The van der Waals surface area contributed by atoms with Crippen LogP contribution in [0.25, 0.3) is 0 Å². The standard InChI is InChI=1S/C28H38F3N3O4S/c1-5-7-17-32-27(36)25(6-2)33(20-22-15-13-21(3)14-16-22)26(35)12-9-18-34(39(4,37)38)24-11-8-10-23(19-24)28(29,30)31/h8,10-11,13-16,19,25H,5-7,9,12,17-18,20H2,1-4H3,(H,32,36). The third-order valence-electron chi connectivity index (χ3n) is 6.30. The molecule has 1 atom stereocenters. The molecule has 2 rings (SSSR count). The molecule has 0 spiro atoms. The van der Waals surface area contributed by atoms with Crippen LogP contribution in [-0.2, 0) is 32.3 Å². The van der Waals surface area contributed by atoms with Crippen LogP contribution < -0.4 is 9.62 Å². The highest BCUT2D eigenvalue weighted by atomic mass is 32.2. The van der Waals surface area contributed by atoms with Crippen LogP contribution in [0.2, 0.25) is 0 Å². The predicted octanol–water partition coefficient (Wildman–Crippen LogP) is 5.28. The van der Waals surface area contributed by atoms with E-state index in [2.05, 4.69) is 5.32 Å². The van der Waals surface area contributed by atoms with E-state index in [-0.39, 0.29) is 43.4 Å². The first-order valence-electron chi connectivity index (χ1n) is 13.1.